The van der Waals surface area contributed by atoms with Gasteiger partial charge in [0.25, 0.3) is 5.91 Å². The number of hydrogen-bond donors (Lipinski definition) is 1. The highest BCUT2D eigenvalue weighted by atomic mass is 35.5. The zero-order valence-corrected chi connectivity index (χ0v) is 23.3. The van der Waals surface area contributed by atoms with E-state index < -0.39 is 28.7 Å². The third-order valence-corrected chi connectivity index (χ3v) is 10.4. The van der Waals surface area contributed by atoms with Crippen molar-refractivity contribution in [1.29, 1.82) is 0 Å². The molecule has 2 aromatic rings. The smallest absolute Gasteiger partial charge is 0.251 e. The number of carbonyl (C=O) groups is 3. The molecule has 0 aromatic heterocycles. The third-order valence-electron chi connectivity index (χ3n) is 8.36. The van der Waals surface area contributed by atoms with Crippen LogP contribution < -0.4 is 9.80 Å². The van der Waals surface area contributed by atoms with Crippen molar-refractivity contribution < 1.29 is 19.5 Å². The lowest BCUT2D eigenvalue weighted by molar-refractivity contribution is -0.141. The van der Waals surface area contributed by atoms with Crippen LogP contribution in [0.2, 0.25) is 5.02 Å². The van der Waals surface area contributed by atoms with Crippen LogP contribution in [0, 0.1) is 18.8 Å². The van der Waals surface area contributed by atoms with Crippen LogP contribution >= 0.6 is 23.4 Å². The highest BCUT2D eigenvalue weighted by Crippen LogP contribution is 2.61. The predicted octanol–water partition coefficient (Wildman–Crippen LogP) is 3.83. The molecule has 2 fully saturated rings. The van der Waals surface area contributed by atoms with Crippen LogP contribution in [0.15, 0.2) is 72.8 Å². The number of para-hydroxylation sites is 2. The first-order chi connectivity index (χ1) is 18.8. The maximum Gasteiger partial charge on any atom is 0.251 e. The Labute approximate surface area is 237 Å². The van der Waals surface area contributed by atoms with Gasteiger partial charge in [-0.1, -0.05) is 66.2 Å². The lowest BCUT2D eigenvalue weighted by Gasteiger charge is -2.37. The quantitative estimate of drug-likeness (QED) is 0.572. The Morgan fingerprint density at radius 1 is 1.00 bits per heavy atom. The number of carbonyl (C=O) groups excluding carboxylic acids is 3. The fourth-order valence-corrected chi connectivity index (χ4v) is 8.96. The Bertz CT molecular complexity index is 1380. The maximum absolute atomic E-state index is 14.5. The average molecular weight is 564 g/mol. The van der Waals surface area contributed by atoms with Crippen molar-refractivity contribution in [2.45, 2.75) is 35.9 Å². The SMILES string of the molecule is Cc1cccc(Cl)c1N1CC=C[C@]23S[C@H]4C=CCN(c5ccccc5)C(=O)[C@H]4[C@H]2C(=O)N([C@H](C)CO)C3C1=O. The minimum Gasteiger partial charge on any atom is -0.394 e. The van der Waals surface area contributed by atoms with Crippen molar-refractivity contribution in [2.24, 2.45) is 11.8 Å². The van der Waals surface area contributed by atoms with Gasteiger partial charge in [0.2, 0.25) is 11.8 Å². The molecule has 6 rings (SSSR count). The molecule has 9 heteroatoms. The van der Waals surface area contributed by atoms with Gasteiger partial charge in [0.1, 0.15) is 6.04 Å². The van der Waals surface area contributed by atoms with Crippen LogP contribution in [0.25, 0.3) is 0 Å². The van der Waals surface area contributed by atoms with Gasteiger partial charge in [0.15, 0.2) is 0 Å². The summed E-state index contributed by atoms with van der Waals surface area (Å²) >= 11 is 8.12. The van der Waals surface area contributed by atoms with Gasteiger partial charge < -0.3 is 19.8 Å². The van der Waals surface area contributed by atoms with E-state index in [-0.39, 0.29) is 29.6 Å². The van der Waals surface area contributed by atoms with Gasteiger partial charge in [-0.2, -0.15) is 0 Å². The van der Waals surface area contributed by atoms with Crippen molar-refractivity contribution in [3.63, 3.8) is 0 Å². The number of thioether (sulfide) groups is 1. The molecular formula is C30H30ClN3O4S. The second-order valence-electron chi connectivity index (χ2n) is 10.6. The van der Waals surface area contributed by atoms with E-state index in [1.165, 1.54) is 16.7 Å². The van der Waals surface area contributed by atoms with Crippen molar-refractivity contribution >= 4 is 52.5 Å². The number of halogens is 1. The normalized spacial score (nSPS) is 30.7. The lowest BCUT2D eigenvalue weighted by Crippen LogP contribution is -2.56. The molecule has 2 aromatic carbocycles. The van der Waals surface area contributed by atoms with Crippen molar-refractivity contribution in [2.75, 3.05) is 29.5 Å². The van der Waals surface area contributed by atoms with E-state index in [0.29, 0.717) is 23.8 Å². The molecule has 1 unspecified atom stereocenters. The summed E-state index contributed by atoms with van der Waals surface area (Å²) in [6, 6.07) is 13.5. The summed E-state index contributed by atoms with van der Waals surface area (Å²) in [4.78, 5) is 47.9. The fraction of sp³-hybridized carbons (Fsp3) is 0.367. The van der Waals surface area contributed by atoms with E-state index in [0.717, 1.165) is 11.3 Å². The van der Waals surface area contributed by atoms with E-state index in [9.17, 15) is 19.5 Å². The molecule has 39 heavy (non-hydrogen) atoms. The van der Waals surface area contributed by atoms with Gasteiger partial charge in [-0.05, 0) is 37.6 Å². The van der Waals surface area contributed by atoms with E-state index in [1.54, 1.807) is 22.8 Å². The lowest BCUT2D eigenvalue weighted by atomic mass is 9.78. The Hall–Kier alpha value is -3.07. The summed E-state index contributed by atoms with van der Waals surface area (Å²) in [5.74, 6) is -2.05. The number of nitrogens with zero attached hydrogens (tertiary/aromatic N) is 3. The first-order valence-corrected chi connectivity index (χ1v) is 14.4. The van der Waals surface area contributed by atoms with Crippen LogP contribution in [0.5, 0.6) is 0 Å². The number of aliphatic hydroxyl groups is 1. The predicted molar refractivity (Wildman–Crippen MR) is 154 cm³/mol. The molecule has 0 radical (unpaired) electrons. The minimum atomic E-state index is -0.962. The van der Waals surface area contributed by atoms with Gasteiger partial charge in [0, 0.05) is 24.0 Å². The van der Waals surface area contributed by atoms with Gasteiger partial charge in [-0.25, -0.2) is 0 Å². The zero-order chi connectivity index (χ0) is 27.5. The summed E-state index contributed by atoms with van der Waals surface area (Å²) in [7, 11) is 0. The molecule has 4 aliphatic heterocycles. The highest BCUT2D eigenvalue weighted by molar-refractivity contribution is 8.02. The fourth-order valence-electron chi connectivity index (χ4n) is 6.64. The molecule has 4 heterocycles. The number of fused-ring (bicyclic) bond motifs is 2. The van der Waals surface area contributed by atoms with Gasteiger partial charge >= 0.3 is 0 Å². The molecule has 7 nitrogen and oxygen atoms in total. The summed E-state index contributed by atoms with van der Waals surface area (Å²) in [5, 5.41) is 10.4. The van der Waals surface area contributed by atoms with Crippen LogP contribution in [0.3, 0.4) is 0 Å². The maximum atomic E-state index is 14.5. The van der Waals surface area contributed by atoms with Crippen LogP contribution in [-0.2, 0) is 14.4 Å². The molecule has 0 saturated carbocycles. The molecule has 6 atom stereocenters. The Morgan fingerprint density at radius 2 is 1.74 bits per heavy atom. The number of benzene rings is 2. The number of amides is 3. The largest absolute Gasteiger partial charge is 0.394 e. The van der Waals surface area contributed by atoms with Crippen LogP contribution in [0.1, 0.15) is 12.5 Å². The molecule has 2 saturated heterocycles. The Balaban J connectivity index is 1.48. The molecule has 202 valence electrons. The monoisotopic (exact) mass is 563 g/mol. The molecule has 3 amide bonds. The Kier molecular flexibility index (Phi) is 6.60. The second-order valence-corrected chi connectivity index (χ2v) is 12.5. The number of anilines is 2. The van der Waals surface area contributed by atoms with E-state index >= 15 is 0 Å². The van der Waals surface area contributed by atoms with Crippen LogP contribution in [-0.4, -0.2) is 69.5 Å². The number of rotatable bonds is 4. The number of aliphatic hydroxyl groups excluding tert-OH is 1. The van der Waals surface area contributed by atoms with E-state index in [2.05, 4.69) is 0 Å². The van der Waals surface area contributed by atoms with Crippen molar-refractivity contribution in [1.82, 2.24) is 4.90 Å². The number of hydrogen-bond acceptors (Lipinski definition) is 5. The number of aryl methyl sites for hydroxylation is 1. The third kappa shape index (κ3) is 3.87. The molecule has 0 bridgehead atoms. The summed E-state index contributed by atoms with van der Waals surface area (Å²) in [6.07, 6.45) is 7.90. The summed E-state index contributed by atoms with van der Waals surface area (Å²) in [5.41, 5.74) is 2.24. The summed E-state index contributed by atoms with van der Waals surface area (Å²) < 4.78 is -0.962. The molecule has 1 N–H and O–H groups in total. The van der Waals surface area contributed by atoms with Gasteiger partial charge in [-0.15, -0.1) is 11.8 Å². The summed E-state index contributed by atoms with van der Waals surface area (Å²) in [6.45, 7) is 4.06. The first-order valence-electron chi connectivity index (χ1n) is 13.2. The van der Waals surface area contributed by atoms with Crippen LogP contribution in [0.4, 0.5) is 11.4 Å². The minimum absolute atomic E-state index is 0.125. The van der Waals surface area contributed by atoms with Crippen molar-refractivity contribution in [3.8, 4) is 0 Å². The highest BCUT2D eigenvalue weighted by Gasteiger charge is 2.71. The molecular weight excluding hydrogens is 534 g/mol. The second kappa shape index (κ2) is 9.84. The van der Waals surface area contributed by atoms with Crippen molar-refractivity contribution in [3.05, 3.63) is 83.4 Å². The first kappa shape index (κ1) is 26.2. The Morgan fingerprint density at radius 3 is 2.46 bits per heavy atom. The zero-order valence-electron chi connectivity index (χ0n) is 21.7. The number of likely N-dealkylation sites (tertiary alicyclic amines) is 1. The topological polar surface area (TPSA) is 81.2 Å². The molecule has 4 aliphatic rings. The average Bonchev–Trinajstić information content (AvgIpc) is 3.25. The van der Waals surface area contributed by atoms with Gasteiger partial charge in [0.05, 0.1) is 39.9 Å². The van der Waals surface area contributed by atoms with E-state index in [1.807, 2.05) is 73.7 Å². The van der Waals surface area contributed by atoms with Gasteiger partial charge in [-0.3, -0.25) is 14.4 Å². The molecule has 0 aliphatic carbocycles. The molecule has 1 spiro atoms. The standard InChI is InChI=1S/C30H30ClN3O4S/c1-18-9-6-12-21(31)25(18)33-16-8-14-30-24(28(37)34(19(2)17-35)26(30)29(33)38)23-22(39-30)13-7-15-32(27(23)36)20-10-4-3-5-11-20/h3-14,19,22-24,26,35H,15-17H2,1-2H3/t19-,22+,23-,24+,26?,30+/m1/s1. The van der Waals surface area contributed by atoms with E-state index in [4.69, 9.17) is 11.6 Å².